The van der Waals surface area contributed by atoms with Crippen molar-refractivity contribution in [3.05, 3.63) is 53.1 Å². The fourth-order valence-corrected chi connectivity index (χ4v) is 3.09. The molecule has 1 aromatic rings. The number of allylic oxidation sites excluding steroid dienone is 6. The molecule has 0 saturated carbocycles. The van der Waals surface area contributed by atoms with Gasteiger partial charge in [0.2, 0.25) is 0 Å². The number of rotatable bonds is 8. The van der Waals surface area contributed by atoms with Gasteiger partial charge in [0, 0.05) is 0 Å². The second-order valence-electron chi connectivity index (χ2n) is 6.74. The Morgan fingerprint density at radius 1 is 1.27 bits per heavy atom. The zero-order chi connectivity index (χ0) is 19.1. The maximum Gasteiger partial charge on any atom is 0.339 e. The van der Waals surface area contributed by atoms with E-state index in [0.29, 0.717) is 29.7 Å². The summed E-state index contributed by atoms with van der Waals surface area (Å²) in [5, 5.41) is 20.6. The molecule has 0 atom stereocenters. The van der Waals surface area contributed by atoms with Gasteiger partial charge in [-0.3, -0.25) is 0 Å². The molecule has 1 aliphatic rings. The van der Waals surface area contributed by atoms with Gasteiger partial charge in [-0.15, -0.1) is 0 Å². The molecular weight excluding hydrogens is 328 g/mol. The highest BCUT2D eigenvalue weighted by Crippen LogP contribution is 2.41. The fourth-order valence-electron chi connectivity index (χ4n) is 3.09. The quantitative estimate of drug-likeness (QED) is 0.603. The first-order valence-corrected chi connectivity index (χ1v) is 9.28. The summed E-state index contributed by atoms with van der Waals surface area (Å²) in [6.45, 7) is 5.94. The van der Waals surface area contributed by atoms with Crippen molar-refractivity contribution in [2.24, 2.45) is 0 Å². The van der Waals surface area contributed by atoms with Crippen LogP contribution in [0.2, 0.25) is 0 Å². The summed E-state index contributed by atoms with van der Waals surface area (Å²) >= 11 is 0. The Morgan fingerprint density at radius 2 is 2.04 bits per heavy atom. The van der Waals surface area contributed by atoms with E-state index in [1.807, 2.05) is 44.2 Å². The Kier molecular flexibility index (Phi) is 7.07. The summed E-state index contributed by atoms with van der Waals surface area (Å²) < 4.78 is 5.95. The number of carboxylic acids is 1. The predicted octanol–water partition coefficient (Wildman–Crippen LogP) is 5.51. The van der Waals surface area contributed by atoms with Crippen molar-refractivity contribution >= 4 is 11.5 Å². The highest BCUT2D eigenvalue weighted by Gasteiger charge is 2.25. The highest BCUT2D eigenvalue weighted by molar-refractivity contribution is 5.97. The molecule has 4 heteroatoms. The number of phenols is 1. The average Bonchev–Trinajstić information content (AvgIpc) is 2.83. The minimum Gasteiger partial charge on any atom is -0.506 e. The van der Waals surface area contributed by atoms with Crippen molar-refractivity contribution in [1.82, 2.24) is 0 Å². The molecule has 0 radical (unpaired) electrons. The lowest BCUT2D eigenvalue weighted by atomic mass is 9.92. The number of aromatic carboxylic acids is 1. The molecule has 26 heavy (non-hydrogen) atoms. The third-order valence-corrected chi connectivity index (χ3v) is 4.26. The van der Waals surface area contributed by atoms with E-state index < -0.39 is 5.97 Å². The van der Waals surface area contributed by atoms with Crippen molar-refractivity contribution in [2.45, 2.75) is 59.0 Å². The second kappa shape index (κ2) is 9.27. The van der Waals surface area contributed by atoms with E-state index >= 15 is 0 Å². The average molecular weight is 356 g/mol. The third kappa shape index (κ3) is 4.78. The maximum atomic E-state index is 11.9. The molecule has 0 spiro atoms. The summed E-state index contributed by atoms with van der Waals surface area (Å²) in [6.07, 6.45) is 13.8. The van der Waals surface area contributed by atoms with Gasteiger partial charge in [0.05, 0.1) is 11.7 Å². The number of hydrogen-bond acceptors (Lipinski definition) is 3. The van der Waals surface area contributed by atoms with Crippen LogP contribution in [-0.2, 0) is 6.42 Å². The molecule has 0 amide bonds. The maximum absolute atomic E-state index is 11.9. The van der Waals surface area contributed by atoms with Crippen LogP contribution >= 0.6 is 0 Å². The normalized spacial score (nSPS) is 13.6. The molecule has 2 rings (SSSR count). The van der Waals surface area contributed by atoms with Crippen molar-refractivity contribution < 1.29 is 19.7 Å². The number of unbranched alkanes of at least 4 members (excludes halogenated alkanes) is 2. The van der Waals surface area contributed by atoms with E-state index in [4.69, 9.17) is 4.74 Å². The summed E-state index contributed by atoms with van der Waals surface area (Å²) in [6, 6.07) is 1.79. The van der Waals surface area contributed by atoms with Crippen molar-refractivity contribution in [1.29, 1.82) is 0 Å². The van der Waals surface area contributed by atoms with Crippen LogP contribution in [0.1, 0.15) is 67.9 Å². The van der Waals surface area contributed by atoms with E-state index in [0.717, 1.165) is 24.8 Å². The van der Waals surface area contributed by atoms with E-state index in [-0.39, 0.29) is 17.4 Å². The second-order valence-corrected chi connectivity index (χ2v) is 6.74. The molecule has 0 unspecified atom stereocenters. The Bertz CT molecular complexity index is 739. The van der Waals surface area contributed by atoms with Crippen molar-refractivity contribution in [3.63, 3.8) is 0 Å². The minimum atomic E-state index is -1.11. The van der Waals surface area contributed by atoms with Gasteiger partial charge < -0.3 is 14.9 Å². The third-order valence-electron chi connectivity index (χ3n) is 4.26. The first-order valence-electron chi connectivity index (χ1n) is 9.28. The lowest BCUT2D eigenvalue weighted by Crippen LogP contribution is -2.11. The van der Waals surface area contributed by atoms with Crippen LogP contribution in [0.3, 0.4) is 0 Å². The monoisotopic (exact) mass is 356 g/mol. The number of carboxylic acid groups (broad SMARTS) is 1. The molecule has 0 fully saturated rings. The fraction of sp³-hybridized carbons (Fsp3) is 0.409. The van der Waals surface area contributed by atoms with E-state index in [1.54, 1.807) is 6.07 Å². The number of carbonyl (C=O) groups is 1. The molecule has 0 bridgehead atoms. The van der Waals surface area contributed by atoms with Gasteiger partial charge in [-0.25, -0.2) is 4.79 Å². The lowest BCUT2D eigenvalue weighted by molar-refractivity contribution is 0.0692. The van der Waals surface area contributed by atoms with Gasteiger partial charge >= 0.3 is 5.97 Å². The molecule has 1 aromatic carbocycles. The molecular formula is C22H28O4. The minimum absolute atomic E-state index is 0.0151. The van der Waals surface area contributed by atoms with E-state index in [1.165, 1.54) is 0 Å². The summed E-state index contributed by atoms with van der Waals surface area (Å²) in [5.41, 5.74) is 1.83. The molecule has 0 heterocycles. The van der Waals surface area contributed by atoms with Crippen LogP contribution in [0.25, 0.3) is 5.57 Å². The number of aryl methyl sites for hydroxylation is 1. The first kappa shape index (κ1) is 19.8. The molecule has 1 aliphatic carbocycles. The van der Waals surface area contributed by atoms with E-state index in [9.17, 15) is 15.0 Å². The molecule has 0 saturated heterocycles. The van der Waals surface area contributed by atoms with E-state index in [2.05, 4.69) is 6.92 Å². The number of hydrogen-bond donors (Lipinski definition) is 2. The Hall–Kier alpha value is -2.49. The van der Waals surface area contributed by atoms with Gasteiger partial charge in [-0.1, -0.05) is 50.1 Å². The van der Waals surface area contributed by atoms with Crippen LogP contribution in [0.4, 0.5) is 0 Å². The van der Waals surface area contributed by atoms with Crippen molar-refractivity contribution in [3.8, 4) is 11.5 Å². The molecule has 0 aliphatic heterocycles. The standard InChI is InChI=1S/C22H28O4/c1-4-5-8-13-17-14-18(26-15(2)3)19(21(23)20(17)22(24)25)16-11-9-6-7-10-12-16/h6-7,9,11-12,14-15,23H,4-5,8,10,13H2,1-3H3,(H,24,25). The number of aromatic hydroxyl groups is 1. The zero-order valence-corrected chi connectivity index (χ0v) is 15.8. The number of benzene rings is 1. The largest absolute Gasteiger partial charge is 0.506 e. The summed E-state index contributed by atoms with van der Waals surface area (Å²) in [4.78, 5) is 11.9. The van der Waals surface area contributed by atoms with Gasteiger partial charge in [-0.05, 0) is 50.3 Å². The lowest BCUT2D eigenvalue weighted by Gasteiger charge is -2.20. The van der Waals surface area contributed by atoms with Crippen LogP contribution in [0, 0.1) is 0 Å². The van der Waals surface area contributed by atoms with Gasteiger partial charge in [-0.2, -0.15) is 0 Å². The van der Waals surface area contributed by atoms with Crippen LogP contribution in [-0.4, -0.2) is 22.3 Å². The molecule has 0 aromatic heterocycles. The predicted molar refractivity (Wildman–Crippen MR) is 105 cm³/mol. The number of ether oxygens (including phenoxy) is 1. The smallest absolute Gasteiger partial charge is 0.339 e. The molecule has 2 N–H and O–H groups in total. The topological polar surface area (TPSA) is 66.8 Å². The van der Waals surface area contributed by atoms with Crippen LogP contribution in [0.15, 0.2) is 36.4 Å². The highest BCUT2D eigenvalue weighted by atomic mass is 16.5. The van der Waals surface area contributed by atoms with Crippen LogP contribution in [0.5, 0.6) is 11.5 Å². The Balaban J connectivity index is 2.62. The zero-order valence-electron chi connectivity index (χ0n) is 15.8. The SMILES string of the molecule is CCCCCc1cc(OC(C)C)c(C2=CCC=CC=C2)c(O)c1C(=O)O. The summed E-state index contributed by atoms with van der Waals surface area (Å²) in [5.74, 6) is -0.783. The van der Waals surface area contributed by atoms with Gasteiger partial charge in [0.25, 0.3) is 0 Å². The molecule has 4 nitrogen and oxygen atoms in total. The van der Waals surface area contributed by atoms with Crippen molar-refractivity contribution in [2.75, 3.05) is 0 Å². The summed E-state index contributed by atoms with van der Waals surface area (Å²) in [7, 11) is 0. The van der Waals surface area contributed by atoms with Gasteiger partial charge in [0.15, 0.2) is 0 Å². The molecule has 140 valence electrons. The van der Waals surface area contributed by atoms with Crippen LogP contribution < -0.4 is 4.74 Å². The van der Waals surface area contributed by atoms with Gasteiger partial charge in [0.1, 0.15) is 17.1 Å². The Morgan fingerprint density at radius 3 is 2.69 bits per heavy atom. The Labute approximate surface area is 155 Å². The first-order chi connectivity index (χ1) is 12.5.